The molecule has 1 atom stereocenters. The summed E-state index contributed by atoms with van der Waals surface area (Å²) in [6.45, 7) is 4.32. The predicted molar refractivity (Wildman–Crippen MR) is 72.6 cm³/mol. The van der Waals surface area contributed by atoms with E-state index in [2.05, 4.69) is 0 Å². The third-order valence-corrected chi connectivity index (χ3v) is 2.92. The van der Waals surface area contributed by atoms with Crippen molar-refractivity contribution in [3.63, 3.8) is 0 Å². The molecule has 0 aliphatic heterocycles. The highest BCUT2D eigenvalue weighted by Gasteiger charge is 2.05. The molecule has 0 saturated heterocycles. The van der Waals surface area contributed by atoms with Crippen molar-refractivity contribution in [2.24, 2.45) is 0 Å². The number of aliphatic hydroxyl groups is 1. The maximum Gasteiger partial charge on any atom is 0.122 e. The summed E-state index contributed by atoms with van der Waals surface area (Å²) in [6, 6.07) is 15.9. The first kappa shape index (κ1) is 12.7. The minimum Gasteiger partial charge on any atom is -0.489 e. The predicted octanol–water partition coefficient (Wildman–Crippen LogP) is 3.63. The lowest BCUT2D eigenvalue weighted by Crippen LogP contribution is -1.98. The molecule has 0 radical (unpaired) electrons. The first-order valence-electron chi connectivity index (χ1n) is 6.12. The highest BCUT2D eigenvalue weighted by Crippen LogP contribution is 2.23. The highest BCUT2D eigenvalue weighted by atomic mass is 16.5. The fourth-order valence-corrected chi connectivity index (χ4v) is 1.83. The lowest BCUT2D eigenvalue weighted by molar-refractivity contribution is 0.199. The number of hydrogen-bond acceptors (Lipinski definition) is 2. The summed E-state index contributed by atoms with van der Waals surface area (Å²) >= 11 is 0. The van der Waals surface area contributed by atoms with Crippen molar-refractivity contribution in [2.75, 3.05) is 0 Å². The number of ether oxygens (including phenoxy) is 1. The molecule has 2 rings (SSSR count). The van der Waals surface area contributed by atoms with E-state index in [9.17, 15) is 5.11 Å². The Hall–Kier alpha value is -1.80. The van der Waals surface area contributed by atoms with E-state index in [1.165, 1.54) is 0 Å². The van der Waals surface area contributed by atoms with Gasteiger partial charge in [0.2, 0.25) is 0 Å². The Labute approximate surface area is 108 Å². The zero-order valence-corrected chi connectivity index (χ0v) is 10.8. The van der Waals surface area contributed by atoms with Crippen LogP contribution in [0.4, 0.5) is 0 Å². The Morgan fingerprint density at radius 1 is 1.11 bits per heavy atom. The second kappa shape index (κ2) is 5.69. The van der Waals surface area contributed by atoms with Gasteiger partial charge in [0.05, 0.1) is 6.10 Å². The average molecular weight is 242 g/mol. The molecule has 1 N–H and O–H groups in total. The third-order valence-electron chi connectivity index (χ3n) is 2.92. The molecule has 18 heavy (non-hydrogen) atoms. The summed E-state index contributed by atoms with van der Waals surface area (Å²) in [7, 11) is 0. The number of hydrogen-bond donors (Lipinski definition) is 1. The van der Waals surface area contributed by atoms with Crippen molar-refractivity contribution in [2.45, 2.75) is 26.6 Å². The number of aliphatic hydroxyl groups excluding tert-OH is 1. The maximum atomic E-state index is 9.51. The number of aryl methyl sites for hydroxylation is 1. The lowest BCUT2D eigenvalue weighted by atomic mass is 10.1. The zero-order valence-electron chi connectivity index (χ0n) is 10.8. The summed E-state index contributed by atoms with van der Waals surface area (Å²) in [5.74, 6) is 0.864. The van der Waals surface area contributed by atoms with Crippen LogP contribution in [0.5, 0.6) is 5.75 Å². The van der Waals surface area contributed by atoms with Crippen LogP contribution in [0.25, 0.3) is 0 Å². The van der Waals surface area contributed by atoms with Crippen molar-refractivity contribution in [3.8, 4) is 5.75 Å². The minimum absolute atomic E-state index is 0.438. The van der Waals surface area contributed by atoms with Crippen molar-refractivity contribution >= 4 is 0 Å². The van der Waals surface area contributed by atoms with E-state index < -0.39 is 6.10 Å². The van der Waals surface area contributed by atoms with E-state index in [4.69, 9.17) is 4.74 Å². The summed E-state index contributed by atoms with van der Waals surface area (Å²) in [4.78, 5) is 0. The summed E-state index contributed by atoms with van der Waals surface area (Å²) in [6.07, 6.45) is -0.438. The Morgan fingerprint density at radius 2 is 1.83 bits per heavy atom. The van der Waals surface area contributed by atoms with Gasteiger partial charge in [0.25, 0.3) is 0 Å². The Bertz CT molecular complexity index is 504. The third kappa shape index (κ3) is 3.11. The van der Waals surface area contributed by atoms with Crippen LogP contribution in [0.3, 0.4) is 0 Å². The van der Waals surface area contributed by atoms with Crippen LogP contribution in [0.15, 0.2) is 48.5 Å². The van der Waals surface area contributed by atoms with Crippen LogP contribution in [0, 0.1) is 6.92 Å². The molecule has 0 bridgehead atoms. The molecule has 0 saturated carbocycles. The first-order valence-corrected chi connectivity index (χ1v) is 6.12. The molecule has 0 aliphatic rings. The van der Waals surface area contributed by atoms with Gasteiger partial charge in [0.15, 0.2) is 0 Å². The molecule has 2 aromatic rings. The fraction of sp³-hybridized carbons (Fsp3) is 0.250. The molecule has 0 aromatic heterocycles. The topological polar surface area (TPSA) is 29.5 Å². The molecule has 0 spiro atoms. The van der Waals surface area contributed by atoms with Gasteiger partial charge in [-0.1, -0.05) is 36.4 Å². The highest BCUT2D eigenvalue weighted by molar-refractivity contribution is 5.37. The quantitative estimate of drug-likeness (QED) is 0.887. The molecular formula is C16H18O2. The van der Waals surface area contributed by atoms with Crippen LogP contribution in [-0.4, -0.2) is 5.11 Å². The van der Waals surface area contributed by atoms with Gasteiger partial charge in [0.1, 0.15) is 12.4 Å². The van der Waals surface area contributed by atoms with Gasteiger partial charge < -0.3 is 9.84 Å². The molecule has 0 aliphatic carbocycles. The maximum absolute atomic E-state index is 9.51. The van der Waals surface area contributed by atoms with E-state index in [1.54, 1.807) is 6.92 Å². The summed E-state index contributed by atoms with van der Waals surface area (Å²) in [5, 5.41) is 9.51. The number of rotatable bonds is 4. The van der Waals surface area contributed by atoms with Gasteiger partial charge in [-0.15, -0.1) is 0 Å². The number of benzene rings is 2. The molecule has 0 heterocycles. The van der Waals surface area contributed by atoms with Gasteiger partial charge in [-0.3, -0.25) is 0 Å². The summed E-state index contributed by atoms with van der Waals surface area (Å²) in [5.41, 5.74) is 3.11. The van der Waals surface area contributed by atoms with E-state index >= 15 is 0 Å². The van der Waals surface area contributed by atoms with E-state index in [1.807, 2.05) is 55.5 Å². The van der Waals surface area contributed by atoms with E-state index in [0.29, 0.717) is 6.61 Å². The van der Waals surface area contributed by atoms with Crippen LogP contribution in [0.1, 0.15) is 29.7 Å². The lowest BCUT2D eigenvalue weighted by Gasteiger charge is -2.12. The molecule has 94 valence electrons. The van der Waals surface area contributed by atoms with Crippen molar-refractivity contribution in [1.82, 2.24) is 0 Å². The van der Waals surface area contributed by atoms with Crippen molar-refractivity contribution in [3.05, 3.63) is 65.2 Å². The van der Waals surface area contributed by atoms with Gasteiger partial charge >= 0.3 is 0 Å². The second-order valence-corrected chi connectivity index (χ2v) is 4.48. The molecule has 0 fully saturated rings. The molecule has 0 amide bonds. The van der Waals surface area contributed by atoms with Crippen molar-refractivity contribution in [1.29, 1.82) is 0 Å². The normalized spacial score (nSPS) is 12.2. The smallest absolute Gasteiger partial charge is 0.122 e. The van der Waals surface area contributed by atoms with Crippen LogP contribution in [-0.2, 0) is 6.61 Å². The molecule has 2 nitrogen and oxygen atoms in total. The first-order chi connectivity index (χ1) is 8.66. The minimum atomic E-state index is -0.438. The molecule has 0 unspecified atom stereocenters. The molecule has 2 aromatic carbocycles. The van der Waals surface area contributed by atoms with E-state index in [-0.39, 0.29) is 0 Å². The van der Waals surface area contributed by atoms with Crippen LogP contribution in [0.2, 0.25) is 0 Å². The average Bonchev–Trinajstić information content (AvgIpc) is 2.38. The Morgan fingerprint density at radius 3 is 2.44 bits per heavy atom. The summed E-state index contributed by atoms with van der Waals surface area (Å²) < 4.78 is 5.78. The van der Waals surface area contributed by atoms with Gasteiger partial charge in [-0.05, 0) is 42.7 Å². The SMILES string of the molecule is Cc1cc([C@H](C)O)ccc1OCc1ccccc1. The Kier molecular flexibility index (Phi) is 4.00. The molecular weight excluding hydrogens is 224 g/mol. The van der Waals surface area contributed by atoms with Crippen LogP contribution < -0.4 is 4.74 Å². The van der Waals surface area contributed by atoms with Crippen molar-refractivity contribution < 1.29 is 9.84 Å². The van der Waals surface area contributed by atoms with Gasteiger partial charge in [0, 0.05) is 0 Å². The van der Waals surface area contributed by atoms with Gasteiger partial charge in [-0.2, -0.15) is 0 Å². The Balaban J connectivity index is 2.06. The standard InChI is InChI=1S/C16H18O2/c1-12-10-15(13(2)17)8-9-16(12)18-11-14-6-4-3-5-7-14/h3-10,13,17H,11H2,1-2H3/t13-/m0/s1. The zero-order chi connectivity index (χ0) is 13.0. The fourth-order valence-electron chi connectivity index (χ4n) is 1.83. The largest absolute Gasteiger partial charge is 0.489 e. The van der Waals surface area contributed by atoms with Crippen LogP contribution >= 0.6 is 0 Å². The molecule has 2 heteroatoms. The van der Waals surface area contributed by atoms with Gasteiger partial charge in [-0.25, -0.2) is 0 Å². The van der Waals surface area contributed by atoms with E-state index in [0.717, 1.165) is 22.4 Å². The monoisotopic (exact) mass is 242 g/mol. The second-order valence-electron chi connectivity index (χ2n) is 4.48.